The fourth-order valence-corrected chi connectivity index (χ4v) is 0.928. The normalized spacial score (nSPS) is 23.7. The molecule has 0 aliphatic carbocycles. The highest BCUT2D eigenvalue weighted by atomic mass is 17.3. The summed E-state index contributed by atoms with van der Waals surface area (Å²) in [5.41, 5.74) is -0.596. The first-order valence-electron chi connectivity index (χ1n) is 5.40. The highest BCUT2D eigenvalue weighted by molar-refractivity contribution is 5.61. The van der Waals surface area contributed by atoms with Crippen molar-refractivity contribution in [1.82, 2.24) is 0 Å². The number of hydrogen-bond donors (Lipinski definition) is 0. The summed E-state index contributed by atoms with van der Waals surface area (Å²) in [6.07, 6.45) is 1.32. The molecule has 0 N–H and O–H groups in total. The second-order valence-electron chi connectivity index (χ2n) is 4.20. The summed E-state index contributed by atoms with van der Waals surface area (Å²) in [5.74, 6) is -1.50. The predicted molar refractivity (Wildman–Crippen MR) is 57.9 cm³/mol. The van der Waals surface area contributed by atoms with Gasteiger partial charge in [-0.1, -0.05) is 13.0 Å². The van der Waals surface area contributed by atoms with Crippen molar-refractivity contribution in [3.8, 4) is 0 Å². The van der Waals surface area contributed by atoms with E-state index in [2.05, 4.69) is 16.4 Å². The molecule has 1 aliphatic rings. The van der Waals surface area contributed by atoms with Gasteiger partial charge in [-0.05, 0) is 20.3 Å². The molecule has 1 heterocycles. The third-order valence-electron chi connectivity index (χ3n) is 2.29. The van der Waals surface area contributed by atoms with E-state index in [0.717, 1.165) is 0 Å². The van der Waals surface area contributed by atoms with Crippen molar-refractivity contribution in [2.24, 2.45) is 0 Å². The smallest absolute Gasteiger partial charge is 0.428 e. The molecule has 6 heteroatoms. The van der Waals surface area contributed by atoms with Gasteiger partial charge in [0.1, 0.15) is 5.60 Å². The Kier molecular flexibility index (Phi) is 4.50. The lowest BCUT2D eigenvalue weighted by Gasteiger charge is -2.37. The number of hydrogen-bond acceptors (Lipinski definition) is 6. The number of carbonyl (C=O) groups excluding carboxylic acids is 1. The van der Waals surface area contributed by atoms with E-state index in [1.807, 2.05) is 6.92 Å². The van der Waals surface area contributed by atoms with Crippen LogP contribution in [0.4, 0.5) is 4.79 Å². The highest BCUT2D eigenvalue weighted by Gasteiger charge is 2.48. The van der Waals surface area contributed by atoms with Crippen molar-refractivity contribution in [2.75, 3.05) is 13.2 Å². The molecule has 17 heavy (non-hydrogen) atoms. The first-order valence-corrected chi connectivity index (χ1v) is 5.40. The van der Waals surface area contributed by atoms with Crippen LogP contribution in [0.3, 0.4) is 0 Å². The van der Waals surface area contributed by atoms with Gasteiger partial charge in [-0.3, -0.25) is 0 Å². The fraction of sp³-hybridized carbons (Fsp3) is 0.727. The molecule has 1 rings (SSSR count). The Bertz CT molecular complexity index is 282. The Morgan fingerprint density at radius 1 is 1.59 bits per heavy atom. The highest BCUT2D eigenvalue weighted by Crippen LogP contribution is 2.27. The minimum atomic E-state index is -1.50. The van der Waals surface area contributed by atoms with E-state index in [-0.39, 0.29) is 13.2 Å². The van der Waals surface area contributed by atoms with Gasteiger partial charge < -0.3 is 14.2 Å². The zero-order valence-electron chi connectivity index (χ0n) is 10.4. The molecule has 1 aliphatic heterocycles. The Morgan fingerprint density at radius 3 is 2.65 bits per heavy atom. The Hall–Kier alpha value is -1.11. The lowest BCUT2D eigenvalue weighted by molar-refractivity contribution is -0.596. The van der Waals surface area contributed by atoms with Crippen molar-refractivity contribution >= 4 is 6.16 Å². The maximum atomic E-state index is 11.5. The van der Waals surface area contributed by atoms with E-state index in [9.17, 15) is 4.79 Å². The van der Waals surface area contributed by atoms with Gasteiger partial charge in [0.25, 0.3) is 0 Å². The van der Waals surface area contributed by atoms with Crippen LogP contribution in [-0.2, 0) is 24.0 Å². The Labute approximate surface area is 100 Å². The maximum Gasteiger partial charge on any atom is 0.513 e. The number of rotatable bonds is 6. The molecule has 0 bridgehead atoms. The summed E-state index contributed by atoms with van der Waals surface area (Å²) in [7, 11) is 0. The van der Waals surface area contributed by atoms with Crippen LogP contribution in [0, 0.1) is 0 Å². The van der Waals surface area contributed by atoms with Crippen LogP contribution in [0.1, 0.15) is 27.2 Å². The molecule has 98 valence electrons. The van der Waals surface area contributed by atoms with E-state index in [1.54, 1.807) is 13.8 Å². The second-order valence-corrected chi connectivity index (χ2v) is 4.20. The standard InChI is InChI=1S/C11H18O6/c1-5-7-13-11(8-14-17-11)16-9(12)15-10(3,4)6-2/h5H,1,6-8H2,2-4H3. The first kappa shape index (κ1) is 14.0. The van der Waals surface area contributed by atoms with Gasteiger partial charge >= 0.3 is 12.1 Å². The molecule has 1 unspecified atom stereocenters. The quantitative estimate of drug-likeness (QED) is 0.310. The summed E-state index contributed by atoms with van der Waals surface area (Å²) in [5, 5.41) is 0. The summed E-state index contributed by atoms with van der Waals surface area (Å²) in [4.78, 5) is 20.7. The van der Waals surface area contributed by atoms with Crippen LogP contribution in [0.5, 0.6) is 0 Å². The van der Waals surface area contributed by atoms with Gasteiger partial charge in [0.05, 0.1) is 6.61 Å². The largest absolute Gasteiger partial charge is 0.513 e. The average Bonchev–Trinajstić information content (AvgIpc) is 2.21. The zero-order valence-corrected chi connectivity index (χ0v) is 10.4. The van der Waals surface area contributed by atoms with Gasteiger partial charge in [-0.15, -0.1) is 6.58 Å². The molecule has 0 saturated carbocycles. The van der Waals surface area contributed by atoms with Crippen LogP contribution < -0.4 is 0 Å². The lowest BCUT2D eigenvalue weighted by Crippen LogP contribution is -2.53. The van der Waals surface area contributed by atoms with Crippen LogP contribution >= 0.6 is 0 Å². The lowest BCUT2D eigenvalue weighted by atomic mass is 10.1. The molecule has 0 amide bonds. The van der Waals surface area contributed by atoms with Crippen LogP contribution in [0.25, 0.3) is 0 Å². The Morgan fingerprint density at radius 2 is 2.24 bits per heavy atom. The summed E-state index contributed by atoms with van der Waals surface area (Å²) < 4.78 is 15.2. The fourth-order valence-electron chi connectivity index (χ4n) is 0.928. The van der Waals surface area contributed by atoms with E-state index in [4.69, 9.17) is 14.2 Å². The Balaban J connectivity index is 2.45. The molecule has 1 fully saturated rings. The molecule has 0 aromatic carbocycles. The van der Waals surface area contributed by atoms with Gasteiger partial charge in [0.15, 0.2) is 6.61 Å². The number of carbonyl (C=O) groups is 1. The summed E-state index contributed by atoms with van der Waals surface area (Å²) >= 11 is 0. The van der Waals surface area contributed by atoms with Gasteiger partial charge in [0.2, 0.25) is 0 Å². The minimum absolute atomic E-state index is 0.00247. The molecule has 0 aromatic rings. The van der Waals surface area contributed by atoms with Gasteiger partial charge in [0, 0.05) is 0 Å². The number of ether oxygens (including phenoxy) is 3. The van der Waals surface area contributed by atoms with Crippen molar-refractivity contribution in [2.45, 2.75) is 38.8 Å². The molecular weight excluding hydrogens is 228 g/mol. The van der Waals surface area contributed by atoms with Crippen molar-refractivity contribution in [1.29, 1.82) is 0 Å². The van der Waals surface area contributed by atoms with Crippen LogP contribution in [0.2, 0.25) is 0 Å². The van der Waals surface area contributed by atoms with Crippen molar-refractivity contribution < 1.29 is 28.8 Å². The van der Waals surface area contributed by atoms with Crippen LogP contribution in [0.15, 0.2) is 12.7 Å². The summed E-state index contributed by atoms with van der Waals surface area (Å²) in [6, 6.07) is 0. The monoisotopic (exact) mass is 246 g/mol. The van der Waals surface area contributed by atoms with E-state index in [1.165, 1.54) is 6.08 Å². The molecule has 0 spiro atoms. The first-order chi connectivity index (χ1) is 7.93. The molecule has 1 saturated heterocycles. The van der Waals surface area contributed by atoms with E-state index < -0.39 is 17.7 Å². The zero-order chi connectivity index (χ0) is 12.9. The molecule has 1 atom stereocenters. The van der Waals surface area contributed by atoms with Gasteiger partial charge in [-0.25, -0.2) is 9.68 Å². The molecule has 0 aromatic heterocycles. The third kappa shape index (κ3) is 3.99. The summed E-state index contributed by atoms with van der Waals surface area (Å²) in [6.45, 7) is 9.12. The average molecular weight is 246 g/mol. The van der Waals surface area contributed by atoms with E-state index in [0.29, 0.717) is 6.42 Å². The van der Waals surface area contributed by atoms with Crippen molar-refractivity contribution in [3.05, 3.63) is 12.7 Å². The predicted octanol–water partition coefficient (Wildman–Crippen LogP) is 2.15. The third-order valence-corrected chi connectivity index (χ3v) is 2.29. The SMILES string of the molecule is C=CCOC1(OC(=O)OC(C)(C)CC)COO1. The van der Waals surface area contributed by atoms with Gasteiger partial charge in [-0.2, -0.15) is 4.89 Å². The van der Waals surface area contributed by atoms with Crippen molar-refractivity contribution in [3.63, 3.8) is 0 Å². The minimum Gasteiger partial charge on any atom is -0.428 e. The molecule has 0 radical (unpaired) electrons. The van der Waals surface area contributed by atoms with Crippen LogP contribution in [-0.4, -0.2) is 30.9 Å². The maximum absolute atomic E-state index is 11.5. The molecule has 6 nitrogen and oxygen atoms in total. The van der Waals surface area contributed by atoms with E-state index >= 15 is 0 Å². The molecular formula is C11H18O6. The topological polar surface area (TPSA) is 63.2 Å². The second kappa shape index (κ2) is 5.48.